The van der Waals surface area contributed by atoms with Gasteiger partial charge in [0.15, 0.2) is 6.54 Å². The molecule has 1 fully saturated rings. The number of piperazine rings is 1. The molecule has 1 atom stereocenters. The van der Waals surface area contributed by atoms with Crippen molar-refractivity contribution in [3.8, 4) is 11.3 Å². The number of benzene rings is 2. The van der Waals surface area contributed by atoms with Gasteiger partial charge in [0.25, 0.3) is 11.5 Å². The number of carbonyl (C=O) groups excluding carboxylic acids is 1. The van der Waals surface area contributed by atoms with Gasteiger partial charge in [-0.1, -0.05) is 24.3 Å². The molecule has 1 aliphatic heterocycles. The molecule has 1 aliphatic rings. The number of hydrogen-bond acceptors (Lipinski definition) is 2. The zero-order valence-electron chi connectivity index (χ0n) is 15.3. The average molecular weight is 373 g/mol. The van der Waals surface area contributed by atoms with E-state index in [-0.39, 0.29) is 11.5 Å². The Kier molecular flexibility index (Phi) is 3.98. The highest BCUT2D eigenvalue weighted by Crippen LogP contribution is 2.24. The van der Waals surface area contributed by atoms with E-state index in [0.29, 0.717) is 12.1 Å². The van der Waals surface area contributed by atoms with Gasteiger partial charge in [-0.05, 0) is 35.7 Å². The molecule has 2 aromatic heterocycles. The molecule has 1 amide bonds. The first-order chi connectivity index (χ1) is 13.7. The number of nitrogens with one attached hydrogen (secondary N) is 4. The monoisotopic (exact) mass is 373 g/mol. The summed E-state index contributed by atoms with van der Waals surface area (Å²) in [5, 5.41) is 4.94. The van der Waals surface area contributed by atoms with Crippen LogP contribution in [0.1, 0.15) is 5.56 Å². The third-order valence-corrected chi connectivity index (χ3v) is 5.39. The fourth-order valence-corrected chi connectivity index (χ4v) is 3.98. The molecule has 5 rings (SSSR count). The van der Waals surface area contributed by atoms with E-state index < -0.39 is 0 Å². The molecule has 28 heavy (non-hydrogen) atoms. The Morgan fingerprint density at radius 2 is 1.75 bits per heavy atom. The Hall–Kier alpha value is -3.38. The molecule has 0 radical (unpaired) electrons. The molecular formula is C22H21N4O2+. The van der Waals surface area contributed by atoms with Crippen LogP contribution in [-0.4, -0.2) is 35.5 Å². The van der Waals surface area contributed by atoms with Crippen LogP contribution in [0.3, 0.4) is 0 Å². The second-order valence-corrected chi connectivity index (χ2v) is 7.41. The topological polar surface area (TPSA) is 82.2 Å². The van der Waals surface area contributed by atoms with Crippen molar-refractivity contribution >= 4 is 27.7 Å². The number of H-pyrrole nitrogens is 2. The summed E-state index contributed by atoms with van der Waals surface area (Å²) in [6.45, 7) is 3.01. The lowest BCUT2D eigenvalue weighted by Crippen LogP contribution is -3.14. The van der Waals surface area contributed by atoms with Crippen molar-refractivity contribution in [1.82, 2.24) is 15.3 Å². The fourth-order valence-electron chi connectivity index (χ4n) is 3.98. The van der Waals surface area contributed by atoms with Crippen LogP contribution in [-0.2, 0) is 11.3 Å². The summed E-state index contributed by atoms with van der Waals surface area (Å²) in [7, 11) is 0. The SMILES string of the molecule is O=C1C[NH+](Cc2ccc3[nH]c(-c4cc5ccccc5[nH]c4=O)cc3c2)CCN1. The highest BCUT2D eigenvalue weighted by Gasteiger charge is 2.20. The zero-order valence-corrected chi connectivity index (χ0v) is 15.3. The molecular weight excluding hydrogens is 352 g/mol. The van der Waals surface area contributed by atoms with E-state index in [4.69, 9.17) is 0 Å². The number of quaternary nitrogens is 1. The van der Waals surface area contributed by atoms with Crippen molar-refractivity contribution in [1.29, 1.82) is 0 Å². The molecule has 1 unspecified atom stereocenters. The molecule has 0 aliphatic carbocycles. The van der Waals surface area contributed by atoms with Crippen LogP contribution in [0.15, 0.2) is 59.4 Å². The van der Waals surface area contributed by atoms with Crippen LogP contribution in [0.4, 0.5) is 0 Å². The lowest BCUT2D eigenvalue weighted by molar-refractivity contribution is -0.907. The van der Waals surface area contributed by atoms with E-state index in [9.17, 15) is 9.59 Å². The second-order valence-electron chi connectivity index (χ2n) is 7.41. The molecule has 3 heterocycles. The highest BCUT2D eigenvalue weighted by atomic mass is 16.2. The number of para-hydroxylation sites is 1. The highest BCUT2D eigenvalue weighted by molar-refractivity contribution is 5.89. The van der Waals surface area contributed by atoms with E-state index in [0.717, 1.165) is 47.1 Å². The van der Waals surface area contributed by atoms with Crippen molar-refractivity contribution in [3.63, 3.8) is 0 Å². The average Bonchev–Trinajstić information content (AvgIpc) is 3.10. The van der Waals surface area contributed by atoms with Crippen molar-refractivity contribution in [2.75, 3.05) is 19.6 Å². The van der Waals surface area contributed by atoms with Crippen LogP contribution < -0.4 is 15.8 Å². The Morgan fingerprint density at radius 3 is 2.64 bits per heavy atom. The van der Waals surface area contributed by atoms with E-state index in [1.807, 2.05) is 42.5 Å². The van der Waals surface area contributed by atoms with Gasteiger partial charge in [-0.15, -0.1) is 0 Å². The molecule has 0 spiro atoms. The number of hydrogen-bond donors (Lipinski definition) is 4. The number of carbonyl (C=O) groups is 1. The molecule has 140 valence electrons. The van der Waals surface area contributed by atoms with Gasteiger partial charge in [-0.3, -0.25) is 9.59 Å². The third kappa shape index (κ3) is 3.08. The molecule has 6 heteroatoms. The standard InChI is InChI=1S/C22H20N4O2/c27-21-13-26(8-7-23-21)12-14-5-6-19-16(9-14)11-20(24-19)17-10-15-3-1-2-4-18(15)25-22(17)28/h1-6,9-11,24H,7-8,12-13H2,(H,23,27)(H,25,28)/p+1. The first-order valence-corrected chi connectivity index (χ1v) is 9.50. The van der Waals surface area contributed by atoms with Crippen molar-refractivity contribution in [3.05, 3.63) is 70.5 Å². The van der Waals surface area contributed by atoms with Gasteiger partial charge >= 0.3 is 0 Å². The molecule has 2 aromatic carbocycles. The van der Waals surface area contributed by atoms with Gasteiger partial charge in [0.1, 0.15) is 6.54 Å². The maximum absolute atomic E-state index is 12.6. The minimum atomic E-state index is -0.103. The van der Waals surface area contributed by atoms with Gasteiger partial charge in [-0.2, -0.15) is 0 Å². The van der Waals surface area contributed by atoms with Crippen LogP contribution >= 0.6 is 0 Å². The predicted molar refractivity (Wildman–Crippen MR) is 109 cm³/mol. The lowest BCUT2D eigenvalue weighted by atomic mass is 10.1. The summed E-state index contributed by atoms with van der Waals surface area (Å²) in [5.74, 6) is 0.113. The Bertz CT molecular complexity index is 1250. The number of pyridine rings is 1. The van der Waals surface area contributed by atoms with Crippen molar-refractivity contribution in [2.45, 2.75) is 6.54 Å². The molecule has 6 nitrogen and oxygen atoms in total. The summed E-state index contributed by atoms with van der Waals surface area (Å²) >= 11 is 0. The van der Waals surface area contributed by atoms with Gasteiger partial charge in [-0.25, -0.2) is 0 Å². The van der Waals surface area contributed by atoms with Crippen molar-refractivity contribution < 1.29 is 9.69 Å². The maximum Gasteiger partial charge on any atom is 0.275 e. The van der Waals surface area contributed by atoms with E-state index >= 15 is 0 Å². The van der Waals surface area contributed by atoms with E-state index in [1.54, 1.807) is 0 Å². The van der Waals surface area contributed by atoms with Crippen LogP contribution in [0.25, 0.3) is 33.1 Å². The smallest absolute Gasteiger partial charge is 0.275 e. The Balaban J connectivity index is 1.49. The number of fused-ring (bicyclic) bond motifs is 2. The molecule has 1 saturated heterocycles. The van der Waals surface area contributed by atoms with Crippen LogP contribution in [0.2, 0.25) is 0 Å². The number of amides is 1. The summed E-state index contributed by atoms with van der Waals surface area (Å²) in [6.07, 6.45) is 0. The molecule has 0 bridgehead atoms. The number of aromatic amines is 2. The normalized spacial score (nSPS) is 17.1. The number of rotatable bonds is 3. The summed E-state index contributed by atoms with van der Waals surface area (Å²) in [4.78, 5) is 31.7. The van der Waals surface area contributed by atoms with Crippen LogP contribution in [0, 0.1) is 0 Å². The minimum Gasteiger partial charge on any atom is -0.354 e. The second kappa shape index (κ2) is 6.65. The Morgan fingerprint density at radius 1 is 0.893 bits per heavy atom. The molecule has 4 N–H and O–H groups in total. The third-order valence-electron chi connectivity index (χ3n) is 5.39. The van der Waals surface area contributed by atoms with Gasteiger partial charge in [0, 0.05) is 22.0 Å². The minimum absolute atomic E-state index is 0.103. The van der Waals surface area contributed by atoms with Crippen molar-refractivity contribution in [2.24, 2.45) is 0 Å². The first-order valence-electron chi connectivity index (χ1n) is 9.50. The number of aromatic nitrogens is 2. The molecule has 4 aromatic rings. The Labute approximate surface area is 161 Å². The summed E-state index contributed by atoms with van der Waals surface area (Å²) < 4.78 is 0. The van der Waals surface area contributed by atoms with Gasteiger partial charge in [0.05, 0.1) is 24.3 Å². The largest absolute Gasteiger partial charge is 0.354 e. The predicted octanol–water partition coefficient (Wildman–Crippen LogP) is 1.19. The van der Waals surface area contributed by atoms with Crippen LogP contribution in [0.5, 0.6) is 0 Å². The van der Waals surface area contributed by atoms with E-state index in [1.165, 1.54) is 10.5 Å². The van der Waals surface area contributed by atoms with Gasteiger partial charge in [0.2, 0.25) is 0 Å². The van der Waals surface area contributed by atoms with Gasteiger partial charge < -0.3 is 20.2 Å². The summed E-state index contributed by atoms with van der Waals surface area (Å²) in [5.41, 5.74) is 4.36. The fraction of sp³-hybridized carbons (Fsp3) is 0.182. The first kappa shape index (κ1) is 16.8. The zero-order chi connectivity index (χ0) is 19.1. The lowest BCUT2D eigenvalue weighted by Gasteiger charge is -2.23. The maximum atomic E-state index is 12.6. The van der Waals surface area contributed by atoms with E-state index in [2.05, 4.69) is 27.4 Å². The quantitative estimate of drug-likeness (QED) is 0.435. The summed E-state index contributed by atoms with van der Waals surface area (Å²) in [6, 6.07) is 18.0. The molecule has 0 saturated carbocycles.